The summed E-state index contributed by atoms with van der Waals surface area (Å²) < 4.78 is 6.79. The molecule has 3 heterocycles. The van der Waals surface area contributed by atoms with Crippen LogP contribution in [-0.2, 0) is 13.1 Å². The topological polar surface area (TPSA) is 83.5 Å². The summed E-state index contributed by atoms with van der Waals surface area (Å²) in [6, 6.07) is 1.87. The molecule has 126 valence electrons. The van der Waals surface area contributed by atoms with E-state index in [9.17, 15) is 5.11 Å². The number of aryl methyl sites for hydroxylation is 1. The lowest BCUT2D eigenvalue weighted by Crippen LogP contribution is -2.37. The Hall–Kier alpha value is -1.77. The molecule has 1 N–H and O–H groups in total. The Morgan fingerprint density at radius 3 is 2.78 bits per heavy atom. The second-order valence-electron chi connectivity index (χ2n) is 6.04. The van der Waals surface area contributed by atoms with Crippen molar-refractivity contribution in [1.82, 2.24) is 29.7 Å². The van der Waals surface area contributed by atoms with Crippen molar-refractivity contribution in [3.05, 3.63) is 30.2 Å². The SMILES string of the molecule is Cc1nc(CN2CCCN(CC(O)Cn3cccn3)CC2)no1. The molecule has 0 amide bonds. The van der Waals surface area contributed by atoms with E-state index in [1.165, 1.54) is 0 Å². The predicted octanol–water partition coefficient (Wildman–Crippen LogP) is 0.143. The van der Waals surface area contributed by atoms with Gasteiger partial charge in [-0.25, -0.2) is 0 Å². The molecule has 0 aliphatic carbocycles. The van der Waals surface area contributed by atoms with Crippen LogP contribution < -0.4 is 0 Å². The first-order valence-electron chi connectivity index (χ1n) is 8.08. The number of hydrogen-bond donors (Lipinski definition) is 1. The molecule has 8 nitrogen and oxygen atoms in total. The van der Waals surface area contributed by atoms with Gasteiger partial charge >= 0.3 is 0 Å². The van der Waals surface area contributed by atoms with Crippen LogP contribution >= 0.6 is 0 Å². The molecule has 1 aliphatic heterocycles. The molecule has 0 radical (unpaired) electrons. The van der Waals surface area contributed by atoms with E-state index in [-0.39, 0.29) is 0 Å². The smallest absolute Gasteiger partial charge is 0.223 e. The second kappa shape index (κ2) is 7.67. The molecule has 8 heteroatoms. The van der Waals surface area contributed by atoms with Crippen molar-refractivity contribution in [2.24, 2.45) is 0 Å². The first-order chi connectivity index (χ1) is 11.2. The molecule has 1 fully saturated rings. The quantitative estimate of drug-likeness (QED) is 0.810. The number of aromatic nitrogens is 4. The molecule has 0 spiro atoms. The highest BCUT2D eigenvalue weighted by Gasteiger charge is 2.19. The number of aliphatic hydroxyl groups excluding tert-OH is 1. The molecule has 1 atom stereocenters. The van der Waals surface area contributed by atoms with E-state index in [0.717, 1.165) is 45.0 Å². The van der Waals surface area contributed by atoms with E-state index in [1.54, 1.807) is 10.9 Å². The standard InChI is InChI=1S/C15H24N6O2/c1-13-17-15(18-23-13)12-20-6-3-5-19(8-9-20)10-14(22)11-21-7-2-4-16-21/h2,4,7,14,22H,3,5-6,8-12H2,1H3. The Kier molecular flexibility index (Phi) is 5.37. The van der Waals surface area contributed by atoms with Gasteiger partial charge in [-0.1, -0.05) is 5.16 Å². The summed E-state index contributed by atoms with van der Waals surface area (Å²) in [5.74, 6) is 1.35. The molecule has 0 saturated carbocycles. The normalized spacial score (nSPS) is 18.9. The number of nitrogens with zero attached hydrogens (tertiary/aromatic N) is 6. The third-order valence-electron chi connectivity index (χ3n) is 4.04. The summed E-state index contributed by atoms with van der Waals surface area (Å²) >= 11 is 0. The molecular weight excluding hydrogens is 296 g/mol. The third-order valence-corrected chi connectivity index (χ3v) is 4.04. The molecule has 0 bridgehead atoms. The Morgan fingerprint density at radius 2 is 2.04 bits per heavy atom. The van der Waals surface area contributed by atoms with E-state index in [2.05, 4.69) is 25.0 Å². The molecule has 1 unspecified atom stereocenters. The van der Waals surface area contributed by atoms with Gasteiger partial charge < -0.3 is 9.63 Å². The molecule has 23 heavy (non-hydrogen) atoms. The van der Waals surface area contributed by atoms with Crippen LogP contribution in [0.15, 0.2) is 23.0 Å². The van der Waals surface area contributed by atoms with Crippen molar-refractivity contribution in [3.8, 4) is 0 Å². The molecule has 2 aromatic rings. The number of hydrogen-bond acceptors (Lipinski definition) is 7. The van der Waals surface area contributed by atoms with Gasteiger partial charge in [0.05, 0.1) is 19.2 Å². The van der Waals surface area contributed by atoms with Crippen molar-refractivity contribution in [1.29, 1.82) is 0 Å². The number of aliphatic hydroxyl groups is 1. The number of rotatable bonds is 6. The first kappa shape index (κ1) is 16.1. The Balaban J connectivity index is 1.44. The summed E-state index contributed by atoms with van der Waals surface area (Å²) in [6.07, 6.45) is 4.28. The summed E-state index contributed by atoms with van der Waals surface area (Å²) in [5.41, 5.74) is 0. The first-order valence-corrected chi connectivity index (χ1v) is 8.08. The average Bonchev–Trinajstić information content (AvgIpc) is 3.10. The second-order valence-corrected chi connectivity index (χ2v) is 6.04. The van der Waals surface area contributed by atoms with Gasteiger partial charge in [0.25, 0.3) is 0 Å². The molecule has 3 rings (SSSR count). The maximum absolute atomic E-state index is 10.2. The maximum Gasteiger partial charge on any atom is 0.223 e. The van der Waals surface area contributed by atoms with Crippen molar-refractivity contribution < 1.29 is 9.63 Å². The van der Waals surface area contributed by atoms with Crippen molar-refractivity contribution in [2.75, 3.05) is 32.7 Å². The van der Waals surface area contributed by atoms with Gasteiger partial charge in [-0.2, -0.15) is 10.1 Å². The van der Waals surface area contributed by atoms with Gasteiger partial charge in [-0.15, -0.1) is 0 Å². The van der Waals surface area contributed by atoms with E-state index in [0.29, 0.717) is 19.0 Å². The summed E-state index contributed by atoms with van der Waals surface area (Å²) in [7, 11) is 0. The molecule has 0 aromatic carbocycles. The lowest BCUT2D eigenvalue weighted by atomic mass is 10.3. The zero-order chi connectivity index (χ0) is 16.1. The van der Waals surface area contributed by atoms with Gasteiger partial charge in [0, 0.05) is 39.0 Å². The van der Waals surface area contributed by atoms with Gasteiger partial charge in [0.1, 0.15) is 0 Å². The minimum Gasteiger partial charge on any atom is -0.390 e. The molecule has 1 aliphatic rings. The fourth-order valence-electron chi connectivity index (χ4n) is 2.95. The molecule has 2 aromatic heterocycles. The van der Waals surface area contributed by atoms with Gasteiger partial charge in [-0.05, 0) is 25.6 Å². The van der Waals surface area contributed by atoms with Crippen LogP contribution in [0, 0.1) is 6.92 Å². The zero-order valence-corrected chi connectivity index (χ0v) is 13.5. The van der Waals surface area contributed by atoms with Crippen LogP contribution in [0.5, 0.6) is 0 Å². The summed E-state index contributed by atoms with van der Waals surface area (Å²) in [4.78, 5) is 8.91. The fourth-order valence-corrected chi connectivity index (χ4v) is 2.95. The van der Waals surface area contributed by atoms with Crippen LogP contribution in [0.1, 0.15) is 18.1 Å². The zero-order valence-electron chi connectivity index (χ0n) is 13.5. The number of β-amino-alcohol motifs (C(OH)–C–C–N with tert-alkyl or cyclic N) is 1. The highest BCUT2D eigenvalue weighted by molar-refractivity contribution is 4.85. The summed E-state index contributed by atoms with van der Waals surface area (Å²) in [6.45, 7) is 7.64. The van der Waals surface area contributed by atoms with Gasteiger partial charge in [0.2, 0.25) is 5.89 Å². The average molecular weight is 320 g/mol. The van der Waals surface area contributed by atoms with E-state index >= 15 is 0 Å². The summed E-state index contributed by atoms with van der Waals surface area (Å²) in [5, 5.41) is 18.3. The van der Waals surface area contributed by atoms with E-state index < -0.39 is 6.10 Å². The predicted molar refractivity (Wildman–Crippen MR) is 83.6 cm³/mol. The third kappa shape index (κ3) is 4.85. The monoisotopic (exact) mass is 320 g/mol. The van der Waals surface area contributed by atoms with Crippen LogP contribution in [0.4, 0.5) is 0 Å². The highest BCUT2D eigenvalue weighted by atomic mass is 16.5. The molecular formula is C15H24N6O2. The minimum absolute atomic E-state index is 0.402. The maximum atomic E-state index is 10.2. The van der Waals surface area contributed by atoms with Crippen LogP contribution in [0.2, 0.25) is 0 Å². The van der Waals surface area contributed by atoms with Gasteiger partial charge in [0.15, 0.2) is 5.82 Å². The lowest BCUT2D eigenvalue weighted by molar-refractivity contribution is 0.0961. The fraction of sp³-hybridized carbons (Fsp3) is 0.667. The van der Waals surface area contributed by atoms with Crippen molar-refractivity contribution in [2.45, 2.75) is 32.5 Å². The Labute approximate surface area is 135 Å². The lowest BCUT2D eigenvalue weighted by Gasteiger charge is -2.23. The van der Waals surface area contributed by atoms with Crippen LogP contribution in [-0.4, -0.2) is 73.7 Å². The van der Waals surface area contributed by atoms with E-state index in [1.807, 2.05) is 19.2 Å². The Morgan fingerprint density at radius 1 is 1.22 bits per heavy atom. The molecule has 1 saturated heterocycles. The minimum atomic E-state index is -0.402. The highest BCUT2D eigenvalue weighted by Crippen LogP contribution is 2.08. The largest absolute Gasteiger partial charge is 0.390 e. The Bertz CT molecular complexity index is 585. The van der Waals surface area contributed by atoms with E-state index in [4.69, 9.17) is 4.52 Å². The van der Waals surface area contributed by atoms with Crippen molar-refractivity contribution >= 4 is 0 Å². The van der Waals surface area contributed by atoms with Crippen LogP contribution in [0.3, 0.4) is 0 Å². The van der Waals surface area contributed by atoms with Gasteiger partial charge in [-0.3, -0.25) is 14.5 Å². The van der Waals surface area contributed by atoms with Crippen LogP contribution in [0.25, 0.3) is 0 Å². The van der Waals surface area contributed by atoms with Crippen molar-refractivity contribution in [3.63, 3.8) is 0 Å².